The molecule has 1 heterocycles. The summed E-state index contributed by atoms with van der Waals surface area (Å²) in [6.45, 7) is 3.39. The molecule has 1 aromatic rings. The molecule has 1 saturated heterocycles. The molecule has 5 nitrogen and oxygen atoms in total. The highest BCUT2D eigenvalue weighted by Gasteiger charge is 2.33. The van der Waals surface area contributed by atoms with Crippen molar-refractivity contribution in [3.8, 4) is 0 Å². The smallest absolute Gasteiger partial charge is 0.407 e. The average Bonchev–Trinajstić information content (AvgIpc) is 3.06. The van der Waals surface area contributed by atoms with Crippen LogP contribution in [0.3, 0.4) is 0 Å². The van der Waals surface area contributed by atoms with Crippen LogP contribution in [-0.4, -0.2) is 36.9 Å². The number of hydrogen-bond acceptors (Lipinski definition) is 4. The Labute approximate surface area is 137 Å². The van der Waals surface area contributed by atoms with Crippen LogP contribution in [-0.2, 0) is 16.1 Å². The minimum atomic E-state index is -0.329. The van der Waals surface area contributed by atoms with E-state index in [1.807, 2.05) is 30.3 Å². The molecule has 2 fully saturated rings. The summed E-state index contributed by atoms with van der Waals surface area (Å²) < 4.78 is 10.9. The van der Waals surface area contributed by atoms with Gasteiger partial charge in [0.1, 0.15) is 6.61 Å². The van der Waals surface area contributed by atoms with E-state index in [1.165, 1.54) is 6.42 Å². The molecular weight excluding hydrogens is 292 g/mol. The third kappa shape index (κ3) is 4.69. The molecule has 23 heavy (non-hydrogen) atoms. The molecule has 126 valence electrons. The van der Waals surface area contributed by atoms with Gasteiger partial charge in [-0.15, -0.1) is 0 Å². The van der Waals surface area contributed by atoms with Crippen LogP contribution in [0.5, 0.6) is 0 Å². The number of hydrogen-bond donors (Lipinski definition) is 2. The molecule has 3 rings (SSSR count). The van der Waals surface area contributed by atoms with E-state index in [1.54, 1.807) is 0 Å². The van der Waals surface area contributed by atoms with Crippen LogP contribution in [0.4, 0.5) is 4.79 Å². The molecule has 0 bridgehead atoms. The zero-order chi connectivity index (χ0) is 16.1. The van der Waals surface area contributed by atoms with Gasteiger partial charge in [0.05, 0.1) is 6.10 Å². The van der Waals surface area contributed by atoms with Crippen molar-refractivity contribution in [1.82, 2.24) is 10.6 Å². The Bertz CT molecular complexity index is 496. The molecule has 5 heteroatoms. The molecule has 0 aromatic heterocycles. The van der Waals surface area contributed by atoms with E-state index in [-0.39, 0.29) is 12.1 Å². The van der Waals surface area contributed by atoms with Gasteiger partial charge in [0.2, 0.25) is 0 Å². The molecule has 0 spiro atoms. The number of carbonyl (C=O) groups excluding carboxylic acids is 1. The molecule has 2 N–H and O–H groups in total. The van der Waals surface area contributed by atoms with Gasteiger partial charge in [0, 0.05) is 24.7 Å². The Kier molecular flexibility index (Phi) is 5.51. The van der Waals surface area contributed by atoms with E-state index in [0.29, 0.717) is 24.8 Å². The monoisotopic (exact) mass is 318 g/mol. The highest BCUT2D eigenvalue weighted by molar-refractivity contribution is 5.67. The molecule has 1 aliphatic carbocycles. The van der Waals surface area contributed by atoms with Crippen LogP contribution in [0.2, 0.25) is 0 Å². The van der Waals surface area contributed by atoms with Crippen LogP contribution >= 0.6 is 0 Å². The van der Waals surface area contributed by atoms with E-state index in [0.717, 1.165) is 31.4 Å². The Balaban J connectivity index is 1.30. The number of benzene rings is 1. The van der Waals surface area contributed by atoms with E-state index < -0.39 is 0 Å². The summed E-state index contributed by atoms with van der Waals surface area (Å²) in [5.74, 6) is 0. The Hall–Kier alpha value is -1.59. The van der Waals surface area contributed by atoms with Gasteiger partial charge in [-0.3, -0.25) is 0 Å². The normalized spacial score (nSPS) is 28.0. The van der Waals surface area contributed by atoms with Crippen molar-refractivity contribution < 1.29 is 14.3 Å². The number of rotatable bonds is 6. The average molecular weight is 318 g/mol. The fourth-order valence-corrected chi connectivity index (χ4v) is 3.28. The second-order valence-corrected chi connectivity index (χ2v) is 6.58. The van der Waals surface area contributed by atoms with Crippen LogP contribution in [0.15, 0.2) is 30.3 Å². The molecule has 2 atom stereocenters. The van der Waals surface area contributed by atoms with Crippen LogP contribution in [0.25, 0.3) is 0 Å². The van der Waals surface area contributed by atoms with Gasteiger partial charge in [-0.1, -0.05) is 30.3 Å². The maximum atomic E-state index is 11.8. The zero-order valence-electron chi connectivity index (χ0n) is 13.7. The maximum absolute atomic E-state index is 11.8. The molecule has 2 unspecified atom stereocenters. The summed E-state index contributed by atoms with van der Waals surface area (Å²) in [5.41, 5.74) is 1.00. The summed E-state index contributed by atoms with van der Waals surface area (Å²) in [6, 6.07) is 10.8. The summed E-state index contributed by atoms with van der Waals surface area (Å²) in [5, 5.41) is 6.53. The minimum absolute atomic E-state index is 0.215. The van der Waals surface area contributed by atoms with E-state index in [4.69, 9.17) is 9.47 Å². The fourth-order valence-electron chi connectivity index (χ4n) is 3.28. The first kappa shape index (κ1) is 16.3. The SMILES string of the molecule is CC(NC1CC(NC(=O)OCc2ccccc2)C1)C1CCCO1. The highest BCUT2D eigenvalue weighted by atomic mass is 16.5. The minimum Gasteiger partial charge on any atom is -0.445 e. The van der Waals surface area contributed by atoms with Gasteiger partial charge in [-0.2, -0.15) is 0 Å². The van der Waals surface area contributed by atoms with Gasteiger partial charge in [-0.05, 0) is 38.2 Å². The van der Waals surface area contributed by atoms with Gasteiger partial charge in [0.15, 0.2) is 0 Å². The van der Waals surface area contributed by atoms with Crippen molar-refractivity contribution in [3.05, 3.63) is 35.9 Å². The van der Waals surface area contributed by atoms with Crippen LogP contribution < -0.4 is 10.6 Å². The maximum Gasteiger partial charge on any atom is 0.407 e. The third-order valence-electron chi connectivity index (χ3n) is 4.69. The van der Waals surface area contributed by atoms with Crippen molar-refractivity contribution >= 4 is 6.09 Å². The number of amides is 1. The number of nitrogens with one attached hydrogen (secondary N) is 2. The van der Waals surface area contributed by atoms with Crippen LogP contribution in [0.1, 0.15) is 38.2 Å². The predicted octanol–water partition coefficient (Wildman–Crippen LogP) is 2.60. The number of alkyl carbamates (subject to hydrolysis) is 1. The summed E-state index contributed by atoms with van der Waals surface area (Å²) in [6.07, 6.45) is 4.24. The van der Waals surface area contributed by atoms with E-state index in [2.05, 4.69) is 17.6 Å². The second-order valence-electron chi connectivity index (χ2n) is 6.58. The Morgan fingerprint density at radius 2 is 2.09 bits per heavy atom. The number of carbonyl (C=O) groups is 1. The Morgan fingerprint density at radius 3 is 2.78 bits per heavy atom. The van der Waals surface area contributed by atoms with Gasteiger partial charge >= 0.3 is 6.09 Å². The lowest BCUT2D eigenvalue weighted by atomic mass is 9.86. The van der Waals surface area contributed by atoms with Crippen molar-refractivity contribution in [2.75, 3.05) is 6.61 Å². The van der Waals surface area contributed by atoms with E-state index >= 15 is 0 Å². The quantitative estimate of drug-likeness (QED) is 0.846. The summed E-state index contributed by atoms with van der Waals surface area (Å²) >= 11 is 0. The molecule has 2 aliphatic rings. The van der Waals surface area contributed by atoms with Crippen LogP contribution in [0, 0.1) is 0 Å². The van der Waals surface area contributed by atoms with Crippen molar-refractivity contribution in [2.45, 2.75) is 63.4 Å². The van der Waals surface area contributed by atoms with Gasteiger partial charge in [0.25, 0.3) is 0 Å². The standard InChI is InChI=1S/C18H26N2O3/c1-13(17-8-5-9-22-17)19-15-10-16(11-15)20-18(21)23-12-14-6-3-2-4-7-14/h2-4,6-7,13,15-17,19H,5,8-12H2,1H3,(H,20,21). The lowest BCUT2D eigenvalue weighted by Gasteiger charge is -2.38. The lowest BCUT2D eigenvalue weighted by molar-refractivity contribution is 0.0705. The van der Waals surface area contributed by atoms with E-state index in [9.17, 15) is 4.79 Å². The highest BCUT2D eigenvalue weighted by Crippen LogP contribution is 2.23. The van der Waals surface area contributed by atoms with Crippen molar-refractivity contribution in [1.29, 1.82) is 0 Å². The molecular formula is C18H26N2O3. The van der Waals surface area contributed by atoms with Gasteiger partial charge in [-0.25, -0.2) is 4.79 Å². The first-order valence-corrected chi connectivity index (χ1v) is 8.55. The zero-order valence-corrected chi connectivity index (χ0v) is 13.7. The molecule has 1 aromatic carbocycles. The number of ether oxygens (including phenoxy) is 2. The lowest BCUT2D eigenvalue weighted by Crippen LogP contribution is -2.56. The molecule has 1 saturated carbocycles. The predicted molar refractivity (Wildman–Crippen MR) is 88.1 cm³/mol. The largest absolute Gasteiger partial charge is 0.445 e. The Morgan fingerprint density at radius 1 is 1.30 bits per heavy atom. The molecule has 1 aliphatic heterocycles. The fraction of sp³-hybridized carbons (Fsp3) is 0.611. The summed E-state index contributed by atoms with van der Waals surface area (Å²) in [7, 11) is 0. The third-order valence-corrected chi connectivity index (χ3v) is 4.69. The topological polar surface area (TPSA) is 59.6 Å². The first-order valence-electron chi connectivity index (χ1n) is 8.55. The molecule has 0 radical (unpaired) electrons. The summed E-state index contributed by atoms with van der Waals surface area (Å²) in [4.78, 5) is 11.8. The van der Waals surface area contributed by atoms with Gasteiger partial charge < -0.3 is 20.1 Å². The second kappa shape index (κ2) is 7.79. The van der Waals surface area contributed by atoms with Crippen molar-refractivity contribution in [3.63, 3.8) is 0 Å². The molecule has 1 amide bonds. The first-order chi connectivity index (χ1) is 11.2. The van der Waals surface area contributed by atoms with Crippen molar-refractivity contribution in [2.24, 2.45) is 0 Å².